The molecule has 38 heavy (non-hydrogen) atoms. The van der Waals surface area contributed by atoms with Crippen LogP contribution >= 0.6 is 0 Å². The normalized spacial score (nSPS) is 23.2. The third kappa shape index (κ3) is 4.15. The van der Waals surface area contributed by atoms with Crippen LogP contribution in [0.15, 0.2) is 18.2 Å². The van der Waals surface area contributed by atoms with E-state index in [1.807, 2.05) is 20.8 Å². The molecule has 1 aromatic heterocycles. The number of hydrogen-bond donors (Lipinski definition) is 1. The van der Waals surface area contributed by atoms with Gasteiger partial charge in [-0.3, -0.25) is 0 Å². The smallest absolute Gasteiger partial charge is 0.410 e. The molecule has 4 aliphatic rings. The Balaban J connectivity index is 1.37. The van der Waals surface area contributed by atoms with Gasteiger partial charge in [-0.2, -0.15) is 5.26 Å². The molecule has 2 bridgehead atoms. The third-order valence-electron chi connectivity index (χ3n) is 8.33. The highest BCUT2D eigenvalue weighted by Crippen LogP contribution is 2.47. The summed E-state index contributed by atoms with van der Waals surface area (Å²) in [5.74, 6) is 0.784. The zero-order valence-electron chi connectivity index (χ0n) is 22.4. The molecule has 3 fully saturated rings. The van der Waals surface area contributed by atoms with Crippen molar-refractivity contribution in [3.63, 3.8) is 0 Å². The van der Waals surface area contributed by atoms with Crippen LogP contribution in [0.4, 0.5) is 15.0 Å². The molecule has 8 nitrogen and oxygen atoms in total. The van der Waals surface area contributed by atoms with Gasteiger partial charge in [0.05, 0.1) is 18.8 Å². The number of ether oxygens (including phenoxy) is 2. The van der Waals surface area contributed by atoms with E-state index >= 15 is 4.39 Å². The van der Waals surface area contributed by atoms with Crippen molar-refractivity contribution < 1.29 is 18.7 Å². The Labute approximate surface area is 222 Å². The predicted octanol–water partition coefficient (Wildman–Crippen LogP) is 4.56. The van der Waals surface area contributed by atoms with Crippen LogP contribution in [-0.4, -0.2) is 60.9 Å². The lowest BCUT2D eigenvalue weighted by Gasteiger charge is -2.47. The van der Waals surface area contributed by atoms with Crippen molar-refractivity contribution in [1.29, 1.82) is 5.26 Å². The molecule has 9 heteroatoms. The SMILES string of the molecule is COc1ccc(F)c(-c2c(C#N)c(N3CCC4(CN(C(=O)OC(C)(C)C)C4)C3)nc3c2CC2CCC3N2)c1. The molecule has 1 amide bonds. The van der Waals surface area contributed by atoms with Crippen LogP contribution in [-0.2, 0) is 11.2 Å². The number of hydrogen-bond acceptors (Lipinski definition) is 7. The van der Waals surface area contributed by atoms with Crippen molar-refractivity contribution >= 4 is 11.9 Å². The van der Waals surface area contributed by atoms with E-state index in [4.69, 9.17) is 14.5 Å². The number of aromatic nitrogens is 1. The monoisotopic (exact) mass is 519 g/mol. The first-order valence-corrected chi connectivity index (χ1v) is 13.4. The van der Waals surface area contributed by atoms with Crippen LogP contribution < -0.4 is 15.0 Å². The molecule has 6 rings (SSSR count). The highest BCUT2D eigenvalue weighted by atomic mass is 19.1. The number of fused-ring (bicyclic) bond motifs is 4. The summed E-state index contributed by atoms with van der Waals surface area (Å²) in [7, 11) is 1.56. The summed E-state index contributed by atoms with van der Waals surface area (Å²) in [6, 6.07) is 7.51. The van der Waals surface area contributed by atoms with Gasteiger partial charge in [-0.05, 0) is 70.2 Å². The number of carbonyl (C=O) groups is 1. The standard InChI is InChI=1S/C29H34FN5O3/c1-28(2,3)38-27(36)35-15-29(16-35)9-10-34(14-29)26-21(13-31)24(19-12-18(37-4)6-7-22(19)30)20-11-17-5-8-23(32-17)25(20)33-26/h6-7,12,17,23,32H,5,8-11,14-16H2,1-4H3. The lowest BCUT2D eigenvalue weighted by atomic mass is 9.79. The third-order valence-corrected chi connectivity index (χ3v) is 8.33. The lowest BCUT2D eigenvalue weighted by molar-refractivity contribution is -0.0266. The van der Waals surface area contributed by atoms with Gasteiger partial charge in [-0.15, -0.1) is 0 Å². The summed E-state index contributed by atoms with van der Waals surface area (Å²) in [5, 5.41) is 14.1. The molecule has 1 aromatic carbocycles. The number of likely N-dealkylation sites (tertiary alicyclic amines) is 1. The maximum Gasteiger partial charge on any atom is 0.410 e. The first-order valence-electron chi connectivity index (χ1n) is 13.4. The second kappa shape index (κ2) is 8.84. The van der Waals surface area contributed by atoms with Crippen molar-refractivity contribution in [2.24, 2.45) is 5.41 Å². The number of nitrogens with one attached hydrogen (secondary N) is 1. The van der Waals surface area contributed by atoms with Gasteiger partial charge in [0.15, 0.2) is 0 Å². The maximum atomic E-state index is 15.4. The first-order chi connectivity index (χ1) is 18.1. The quantitative estimate of drug-likeness (QED) is 0.636. The minimum absolute atomic E-state index is 0.0563. The number of rotatable bonds is 3. The van der Waals surface area contributed by atoms with Crippen molar-refractivity contribution in [2.75, 3.05) is 38.2 Å². The number of halogens is 1. The zero-order chi connectivity index (χ0) is 26.8. The average molecular weight is 520 g/mol. The fourth-order valence-electron chi connectivity index (χ4n) is 6.61. The molecule has 3 saturated heterocycles. The Morgan fingerprint density at radius 2 is 2.05 bits per heavy atom. The second-order valence-corrected chi connectivity index (χ2v) is 12.2. The summed E-state index contributed by atoms with van der Waals surface area (Å²) in [5.41, 5.74) is 2.75. The zero-order valence-corrected chi connectivity index (χ0v) is 22.4. The van der Waals surface area contributed by atoms with Crippen LogP contribution in [0.5, 0.6) is 5.75 Å². The van der Waals surface area contributed by atoms with Gasteiger partial charge in [-0.1, -0.05) is 0 Å². The summed E-state index contributed by atoms with van der Waals surface area (Å²) in [6.45, 7) is 8.26. The van der Waals surface area contributed by atoms with Crippen molar-refractivity contribution in [3.8, 4) is 22.9 Å². The first kappa shape index (κ1) is 24.9. The summed E-state index contributed by atoms with van der Waals surface area (Å²) in [6.07, 6.45) is 3.33. The van der Waals surface area contributed by atoms with Crippen molar-refractivity contribution in [3.05, 3.63) is 40.8 Å². The van der Waals surface area contributed by atoms with E-state index in [-0.39, 0.29) is 23.4 Å². The van der Waals surface area contributed by atoms with Gasteiger partial charge < -0.3 is 24.6 Å². The molecule has 2 unspecified atom stereocenters. The Morgan fingerprint density at radius 1 is 1.26 bits per heavy atom. The number of benzene rings is 1. The van der Waals surface area contributed by atoms with Crippen LogP contribution in [0, 0.1) is 22.6 Å². The molecule has 1 spiro atoms. The van der Waals surface area contributed by atoms with Gasteiger partial charge in [0.2, 0.25) is 0 Å². The van der Waals surface area contributed by atoms with Gasteiger partial charge in [-0.25, -0.2) is 14.2 Å². The number of amides is 1. The Kier molecular flexibility index (Phi) is 5.80. The fraction of sp³-hybridized carbons (Fsp3) is 0.552. The van der Waals surface area contributed by atoms with E-state index in [1.165, 1.54) is 6.07 Å². The molecule has 0 saturated carbocycles. The highest BCUT2D eigenvalue weighted by molar-refractivity contribution is 5.82. The van der Waals surface area contributed by atoms with E-state index in [1.54, 1.807) is 24.1 Å². The number of pyridine rings is 1. The molecule has 200 valence electrons. The van der Waals surface area contributed by atoms with Gasteiger partial charge in [0, 0.05) is 48.8 Å². The number of anilines is 1. The molecule has 5 heterocycles. The summed E-state index contributed by atoms with van der Waals surface area (Å²) < 4.78 is 26.3. The fourth-order valence-corrected chi connectivity index (χ4v) is 6.61. The van der Waals surface area contributed by atoms with Crippen molar-refractivity contribution in [2.45, 2.75) is 64.1 Å². The minimum Gasteiger partial charge on any atom is -0.497 e. The molecule has 0 aliphatic carbocycles. The van der Waals surface area contributed by atoms with E-state index < -0.39 is 5.60 Å². The summed E-state index contributed by atoms with van der Waals surface area (Å²) in [4.78, 5) is 21.6. The summed E-state index contributed by atoms with van der Waals surface area (Å²) >= 11 is 0. The molecule has 2 atom stereocenters. The number of carbonyl (C=O) groups excluding carboxylic acids is 1. The van der Waals surface area contributed by atoms with Crippen molar-refractivity contribution in [1.82, 2.24) is 15.2 Å². The molecular weight excluding hydrogens is 485 g/mol. The minimum atomic E-state index is -0.532. The van der Waals surface area contributed by atoms with Crippen LogP contribution in [0.1, 0.15) is 62.9 Å². The molecule has 4 aliphatic heterocycles. The number of nitriles is 1. The number of methoxy groups -OCH3 is 1. The van der Waals surface area contributed by atoms with E-state index in [2.05, 4.69) is 16.3 Å². The second-order valence-electron chi connectivity index (χ2n) is 12.2. The molecular formula is C29H34FN5O3. The highest BCUT2D eigenvalue weighted by Gasteiger charge is 2.51. The van der Waals surface area contributed by atoms with Crippen LogP contribution in [0.3, 0.4) is 0 Å². The van der Waals surface area contributed by atoms with E-state index in [0.717, 1.165) is 37.1 Å². The molecule has 2 aromatic rings. The van der Waals surface area contributed by atoms with Gasteiger partial charge >= 0.3 is 6.09 Å². The van der Waals surface area contributed by atoms with Gasteiger partial charge in [0.25, 0.3) is 0 Å². The number of nitrogens with zero attached hydrogens (tertiary/aromatic N) is 4. The topological polar surface area (TPSA) is 90.7 Å². The average Bonchev–Trinajstić information content (AvgIpc) is 3.47. The lowest BCUT2D eigenvalue weighted by Crippen LogP contribution is -2.60. The van der Waals surface area contributed by atoms with Crippen LogP contribution in [0.25, 0.3) is 11.1 Å². The van der Waals surface area contributed by atoms with Gasteiger partial charge in [0.1, 0.15) is 34.6 Å². The largest absolute Gasteiger partial charge is 0.497 e. The molecule has 0 radical (unpaired) electrons. The van der Waals surface area contributed by atoms with E-state index in [0.29, 0.717) is 60.4 Å². The van der Waals surface area contributed by atoms with Crippen LogP contribution in [0.2, 0.25) is 0 Å². The Hall–Kier alpha value is -3.38. The molecule has 1 N–H and O–H groups in total. The Bertz CT molecular complexity index is 1340. The Morgan fingerprint density at radius 3 is 2.76 bits per heavy atom. The van der Waals surface area contributed by atoms with E-state index in [9.17, 15) is 10.1 Å². The predicted molar refractivity (Wildman–Crippen MR) is 141 cm³/mol. The maximum absolute atomic E-state index is 15.4.